The first kappa shape index (κ1) is 24.4. The van der Waals surface area contributed by atoms with E-state index in [1.807, 2.05) is 70.2 Å². The quantitative estimate of drug-likeness (QED) is 0.608. The molecule has 0 aliphatic rings. The van der Waals surface area contributed by atoms with Gasteiger partial charge in [0.25, 0.3) is 5.91 Å². The molecule has 0 saturated heterocycles. The molecule has 2 amide bonds. The second-order valence-electron chi connectivity index (χ2n) is 8.56. The maximum atomic E-state index is 13.2. The predicted octanol–water partition coefficient (Wildman–Crippen LogP) is 4.57. The summed E-state index contributed by atoms with van der Waals surface area (Å²) >= 11 is 0. The molecule has 0 aromatic heterocycles. The van der Waals surface area contributed by atoms with Crippen LogP contribution >= 0.6 is 0 Å². The van der Waals surface area contributed by atoms with Crippen molar-refractivity contribution in [3.8, 4) is 5.75 Å². The Morgan fingerprint density at radius 3 is 2.32 bits per heavy atom. The van der Waals surface area contributed by atoms with Crippen LogP contribution in [-0.2, 0) is 16.1 Å². The number of nitrogens with zero attached hydrogens (tertiary/aromatic N) is 1. The molecule has 168 valence electrons. The Morgan fingerprint density at radius 1 is 1.03 bits per heavy atom. The largest absolute Gasteiger partial charge is 0.483 e. The van der Waals surface area contributed by atoms with Gasteiger partial charge in [-0.2, -0.15) is 0 Å². The van der Waals surface area contributed by atoms with E-state index in [-0.39, 0.29) is 18.4 Å². The van der Waals surface area contributed by atoms with Crippen molar-refractivity contribution in [3.63, 3.8) is 0 Å². The molecule has 0 spiro atoms. The summed E-state index contributed by atoms with van der Waals surface area (Å²) in [5, 5.41) is 2.98. The Kier molecular flexibility index (Phi) is 9.10. The van der Waals surface area contributed by atoms with Crippen molar-refractivity contribution in [1.82, 2.24) is 10.2 Å². The Morgan fingerprint density at radius 2 is 1.71 bits per heavy atom. The van der Waals surface area contributed by atoms with E-state index in [4.69, 9.17) is 4.74 Å². The summed E-state index contributed by atoms with van der Waals surface area (Å²) in [6, 6.07) is 13.3. The summed E-state index contributed by atoms with van der Waals surface area (Å²) < 4.78 is 5.87. The van der Waals surface area contributed by atoms with Crippen LogP contribution in [0.25, 0.3) is 0 Å². The van der Waals surface area contributed by atoms with Gasteiger partial charge < -0.3 is 15.0 Å². The van der Waals surface area contributed by atoms with Crippen molar-refractivity contribution in [3.05, 3.63) is 64.7 Å². The highest BCUT2D eigenvalue weighted by molar-refractivity contribution is 5.88. The third-order valence-electron chi connectivity index (χ3n) is 5.45. The van der Waals surface area contributed by atoms with E-state index in [0.29, 0.717) is 31.2 Å². The van der Waals surface area contributed by atoms with Crippen LogP contribution in [0, 0.1) is 26.7 Å². The zero-order valence-electron chi connectivity index (χ0n) is 19.7. The maximum absolute atomic E-state index is 13.2. The molecular weight excluding hydrogens is 388 g/mol. The minimum atomic E-state index is -0.547. The number of ether oxygens (including phenoxy) is 1. The molecule has 0 unspecified atom stereocenters. The molecule has 2 aromatic rings. The van der Waals surface area contributed by atoms with E-state index >= 15 is 0 Å². The van der Waals surface area contributed by atoms with Crippen molar-refractivity contribution >= 4 is 11.8 Å². The van der Waals surface area contributed by atoms with Crippen molar-refractivity contribution in [2.45, 2.75) is 60.5 Å². The van der Waals surface area contributed by atoms with Gasteiger partial charge in [-0.25, -0.2) is 0 Å². The van der Waals surface area contributed by atoms with Gasteiger partial charge in [0, 0.05) is 13.1 Å². The molecule has 0 saturated carbocycles. The van der Waals surface area contributed by atoms with E-state index < -0.39 is 6.04 Å². The van der Waals surface area contributed by atoms with Crippen LogP contribution in [0.2, 0.25) is 0 Å². The molecule has 0 bridgehead atoms. The Labute approximate surface area is 186 Å². The van der Waals surface area contributed by atoms with Gasteiger partial charge in [0.05, 0.1) is 0 Å². The van der Waals surface area contributed by atoms with Crippen LogP contribution in [0.3, 0.4) is 0 Å². The standard InChI is InChI=1S/C26H36N2O3/c1-7-23(26(30)27-15-18(2)3)28(16-22-13-11-19(4)12-14-22)25(29)17-31-24-10-8-9-20(5)21(24)6/h8-14,18,23H,7,15-17H2,1-6H3,(H,27,30)/t23-/m0/s1. The summed E-state index contributed by atoms with van der Waals surface area (Å²) in [5.74, 6) is 0.715. The van der Waals surface area contributed by atoms with Gasteiger partial charge in [-0.05, 0) is 55.9 Å². The normalized spacial score (nSPS) is 11.8. The fourth-order valence-corrected chi connectivity index (χ4v) is 3.34. The molecule has 0 radical (unpaired) electrons. The van der Waals surface area contributed by atoms with E-state index in [0.717, 1.165) is 22.3 Å². The number of amides is 2. The summed E-state index contributed by atoms with van der Waals surface area (Å²) in [6.07, 6.45) is 0.533. The van der Waals surface area contributed by atoms with Gasteiger partial charge in [0.15, 0.2) is 6.61 Å². The summed E-state index contributed by atoms with van der Waals surface area (Å²) in [7, 11) is 0. The molecule has 0 heterocycles. The summed E-state index contributed by atoms with van der Waals surface area (Å²) in [6.45, 7) is 12.9. The minimum Gasteiger partial charge on any atom is -0.483 e. The van der Waals surface area contributed by atoms with Crippen LogP contribution < -0.4 is 10.1 Å². The van der Waals surface area contributed by atoms with Crippen LogP contribution in [-0.4, -0.2) is 35.9 Å². The number of hydrogen-bond acceptors (Lipinski definition) is 3. The lowest BCUT2D eigenvalue weighted by Gasteiger charge is -2.31. The topological polar surface area (TPSA) is 58.6 Å². The zero-order chi connectivity index (χ0) is 23.0. The number of carbonyl (C=O) groups excluding carboxylic acids is 2. The molecule has 2 aromatic carbocycles. The van der Waals surface area contributed by atoms with Crippen LogP contribution in [0.5, 0.6) is 5.75 Å². The van der Waals surface area contributed by atoms with Crippen molar-refractivity contribution in [2.24, 2.45) is 5.92 Å². The second-order valence-corrected chi connectivity index (χ2v) is 8.56. The first-order chi connectivity index (χ1) is 14.7. The van der Waals surface area contributed by atoms with E-state index in [9.17, 15) is 9.59 Å². The Hall–Kier alpha value is -2.82. The molecule has 0 aliphatic heterocycles. The summed E-state index contributed by atoms with van der Waals surface area (Å²) in [4.78, 5) is 27.8. The van der Waals surface area contributed by atoms with E-state index in [1.54, 1.807) is 4.90 Å². The molecule has 0 fully saturated rings. The Bertz CT molecular complexity index is 875. The average molecular weight is 425 g/mol. The molecule has 5 heteroatoms. The first-order valence-electron chi connectivity index (χ1n) is 11.0. The second kappa shape index (κ2) is 11.5. The first-order valence-corrected chi connectivity index (χ1v) is 11.0. The Balaban J connectivity index is 2.21. The highest BCUT2D eigenvalue weighted by atomic mass is 16.5. The fourth-order valence-electron chi connectivity index (χ4n) is 3.34. The zero-order valence-corrected chi connectivity index (χ0v) is 19.7. The van der Waals surface area contributed by atoms with Gasteiger partial charge in [-0.3, -0.25) is 9.59 Å². The average Bonchev–Trinajstić information content (AvgIpc) is 2.74. The lowest BCUT2D eigenvalue weighted by molar-refractivity contribution is -0.143. The highest BCUT2D eigenvalue weighted by Gasteiger charge is 2.29. The minimum absolute atomic E-state index is 0.107. The van der Waals surface area contributed by atoms with Crippen molar-refractivity contribution in [2.75, 3.05) is 13.2 Å². The molecule has 31 heavy (non-hydrogen) atoms. The molecule has 2 rings (SSSR count). The van der Waals surface area contributed by atoms with Gasteiger partial charge in [0.1, 0.15) is 11.8 Å². The number of carbonyl (C=O) groups is 2. The smallest absolute Gasteiger partial charge is 0.261 e. The van der Waals surface area contributed by atoms with E-state index in [1.165, 1.54) is 0 Å². The third-order valence-corrected chi connectivity index (χ3v) is 5.45. The van der Waals surface area contributed by atoms with Crippen LogP contribution in [0.15, 0.2) is 42.5 Å². The number of aryl methyl sites for hydroxylation is 2. The monoisotopic (exact) mass is 424 g/mol. The highest BCUT2D eigenvalue weighted by Crippen LogP contribution is 2.21. The predicted molar refractivity (Wildman–Crippen MR) is 125 cm³/mol. The van der Waals surface area contributed by atoms with Gasteiger partial charge in [-0.15, -0.1) is 0 Å². The van der Waals surface area contributed by atoms with Crippen LogP contribution in [0.1, 0.15) is 49.4 Å². The lowest BCUT2D eigenvalue weighted by atomic mass is 10.1. The fraction of sp³-hybridized carbons (Fsp3) is 0.462. The summed E-state index contributed by atoms with van der Waals surface area (Å²) in [5.41, 5.74) is 4.27. The molecular formula is C26H36N2O3. The number of nitrogens with one attached hydrogen (secondary N) is 1. The van der Waals surface area contributed by atoms with Crippen LogP contribution in [0.4, 0.5) is 0 Å². The lowest BCUT2D eigenvalue weighted by Crippen LogP contribution is -2.50. The molecule has 1 N–H and O–H groups in total. The molecule has 5 nitrogen and oxygen atoms in total. The maximum Gasteiger partial charge on any atom is 0.261 e. The van der Waals surface area contributed by atoms with Gasteiger partial charge >= 0.3 is 0 Å². The molecule has 1 atom stereocenters. The van der Waals surface area contributed by atoms with Crippen molar-refractivity contribution in [1.29, 1.82) is 0 Å². The molecule has 0 aliphatic carbocycles. The number of rotatable bonds is 10. The number of hydrogen-bond donors (Lipinski definition) is 1. The van der Waals surface area contributed by atoms with Gasteiger partial charge in [0.2, 0.25) is 5.91 Å². The van der Waals surface area contributed by atoms with Crippen molar-refractivity contribution < 1.29 is 14.3 Å². The third kappa shape index (κ3) is 7.12. The SMILES string of the molecule is CC[C@@H](C(=O)NCC(C)C)N(Cc1ccc(C)cc1)C(=O)COc1cccc(C)c1C. The van der Waals surface area contributed by atoms with Gasteiger partial charge in [-0.1, -0.05) is 62.7 Å². The van der Waals surface area contributed by atoms with E-state index in [2.05, 4.69) is 19.2 Å². The number of benzene rings is 2.